The highest BCUT2D eigenvalue weighted by Gasteiger charge is 2.21. The Balaban J connectivity index is 2.34. The Morgan fingerprint density at radius 2 is 1.83 bits per heavy atom. The van der Waals surface area contributed by atoms with Crippen LogP contribution in [0.1, 0.15) is 39.3 Å². The van der Waals surface area contributed by atoms with Crippen molar-refractivity contribution in [3.8, 4) is 5.69 Å². The highest BCUT2D eigenvalue weighted by molar-refractivity contribution is 5.92. The molecule has 2 aromatic rings. The quantitative estimate of drug-likeness (QED) is 0.880. The summed E-state index contributed by atoms with van der Waals surface area (Å²) in [6.07, 6.45) is -0.378. The molecule has 1 aromatic carbocycles. The summed E-state index contributed by atoms with van der Waals surface area (Å²) in [6, 6.07) is 7.47. The van der Waals surface area contributed by atoms with Gasteiger partial charge in [0.15, 0.2) is 0 Å². The lowest BCUT2D eigenvalue weighted by Crippen LogP contribution is -2.16. The molecule has 1 heterocycles. The number of rotatable bonds is 5. The predicted molar refractivity (Wildman–Crippen MR) is 87.7 cm³/mol. The third-order valence-corrected chi connectivity index (χ3v) is 3.38. The Morgan fingerprint density at radius 1 is 1.21 bits per heavy atom. The first-order valence-electron chi connectivity index (χ1n) is 7.55. The normalized spacial score (nSPS) is 11.3. The van der Waals surface area contributed by atoms with Crippen LogP contribution in [0.5, 0.6) is 0 Å². The summed E-state index contributed by atoms with van der Waals surface area (Å²) in [6.45, 7) is 5.96. The fourth-order valence-electron chi connectivity index (χ4n) is 2.04. The van der Waals surface area contributed by atoms with Gasteiger partial charge in [-0.05, 0) is 24.3 Å². The van der Waals surface area contributed by atoms with E-state index in [2.05, 4.69) is 10.4 Å². The fourth-order valence-corrected chi connectivity index (χ4v) is 2.04. The van der Waals surface area contributed by atoms with Crippen LogP contribution in [0.3, 0.4) is 0 Å². The number of benzene rings is 1. The molecular weight excluding hydrogens is 313 g/mol. The molecule has 0 unspecified atom stereocenters. The van der Waals surface area contributed by atoms with Crippen LogP contribution in [-0.2, 0) is 15.0 Å². The molecule has 2 rings (SSSR count). The van der Waals surface area contributed by atoms with Gasteiger partial charge in [0.1, 0.15) is 11.6 Å². The monoisotopic (exact) mass is 333 g/mol. The van der Waals surface area contributed by atoms with Gasteiger partial charge in [-0.3, -0.25) is 9.59 Å². The molecule has 0 fully saturated rings. The van der Waals surface area contributed by atoms with Crippen LogP contribution in [-0.4, -0.2) is 26.8 Å². The van der Waals surface area contributed by atoms with Crippen LogP contribution in [0.25, 0.3) is 5.69 Å². The molecule has 0 saturated heterocycles. The molecule has 0 aliphatic carbocycles. The second-order valence-electron chi connectivity index (χ2n) is 6.49. The number of hydrogen-bond donors (Lipinski definition) is 2. The van der Waals surface area contributed by atoms with Crippen LogP contribution in [0.4, 0.5) is 10.2 Å². The van der Waals surface area contributed by atoms with Gasteiger partial charge in [0, 0.05) is 17.9 Å². The van der Waals surface area contributed by atoms with Gasteiger partial charge in [-0.15, -0.1) is 0 Å². The fraction of sp³-hybridized carbons (Fsp3) is 0.353. The second kappa shape index (κ2) is 6.82. The predicted octanol–water partition coefficient (Wildman–Crippen LogP) is 3.11. The van der Waals surface area contributed by atoms with Crippen molar-refractivity contribution in [3.05, 3.63) is 41.8 Å². The zero-order chi connectivity index (χ0) is 17.9. The number of carbonyl (C=O) groups excluding carboxylic acids is 1. The first kappa shape index (κ1) is 17.7. The molecule has 0 spiro atoms. The van der Waals surface area contributed by atoms with Crippen LogP contribution in [0, 0.1) is 5.82 Å². The topological polar surface area (TPSA) is 84.2 Å². The SMILES string of the molecule is CC(C)(C)c1cc(NC(=O)CCC(=O)O)n(-c2ccc(F)cc2)n1. The maximum absolute atomic E-state index is 13.1. The first-order chi connectivity index (χ1) is 11.2. The van der Waals surface area contributed by atoms with E-state index < -0.39 is 11.9 Å². The summed E-state index contributed by atoms with van der Waals surface area (Å²) in [5.41, 5.74) is 1.10. The van der Waals surface area contributed by atoms with Gasteiger partial charge in [0.2, 0.25) is 5.91 Å². The summed E-state index contributed by atoms with van der Waals surface area (Å²) in [5, 5.41) is 15.8. The van der Waals surface area contributed by atoms with E-state index in [1.54, 1.807) is 18.2 Å². The van der Waals surface area contributed by atoms with Gasteiger partial charge in [0.25, 0.3) is 0 Å². The van der Waals surface area contributed by atoms with E-state index in [0.29, 0.717) is 11.5 Å². The maximum atomic E-state index is 13.1. The largest absolute Gasteiger partial charge is 0.481 e. The van der Waals surface area contributed by atoms with Crippen LogP contribution < -0.4 is 5.32 Å². The van der Waals surface area contributed by atoms with Crippen LogP contribution >= 0.6 is 0 Å². The molecule has 1 aromatic heterocycles. The van der Waals surface area contributed by atoms with Crippen LogP contribution in [0.15, 0.2) is 30.3 Å². The van der Waals surface area contributed by atoms with Gasteiger partial charge in [0.05, 0.1) is 17.8 Å². The number of carboxylic acid groups (broad SMARTS) is 1. The van der Waals surface area contributed by atoms with E-state index in [9.17, 15) is 14.0 Å². The van der Waals surface area contributed by atoms with E-state index in [1.807, 2.05) is 20.8 Å². The van der Waals surface area contributed by atoms with Gasteiger partial charge in [-0.2, -0.15) is 5.10 Å². The summed E-state index contributed by atoms with van der Waals surface area (Å²) >= 11 is 0. The molecule has 0 saturated carbocycles. The highest BCUT2D eigenvalue weighted by Crippen LogP contribution is 2.26. The van der Waals surface area contributed by atoms with Gasteiger partial charge in [-0.25, -0.2) is 9.07 Å². The maximum Gasteiger partial charge on any atom is 0.303 e. The van der Waals surface area contributed by atoms with Crippen molar-refractivity contribution in [1.82, 2.24) is 9.78 Å². The molecule has 0 aliphatic heterocycles. The number of hydrogen-bond acceptors (Lipinski definition) is 3. The Morgan fingerprint density at radius 3 is 2.38 bits per heavy atom. The van der Waals surface area contributed by atoms with Gasteiger partial charge >= 0.3 is 5.97 Å². The third-order valence-electron chi connectivity index (χ3n) is 3.38. The number of nitrogens with zero attached hydrogens (tertiary/aromatic N) is 2. The molecule has 128 valence electrons. The zero-order valence-corrected chi connectivity index (χ0v) is 13.8. The molecule has 1 amide bonds. The minimum absolute atomic E-state index is 0.130. The van der Waals surface area contributed by atoms with Crippen molar-refractivity contribution < 1.29 is 19.1 Å². The van der Waals surface area contributed by atoms with Crippen molar-refractivity contribution in [2.75, 3.05) is 5.32 Å². The van der Waals surface area contributed by atoms with Crippen molar-refractivity contribution in [2.24, 2.45) is 0 Å². The lowest BCUT2D eigenvalue weighted by atomic mass is 9.92. The van der Waals surface area contributed by atoms with Crippen molar-refractivity contribution in [3.63, 3.8) is 0 Å². The Bertz CT molecular complexity index is 745. The summed E-state index contributed by atoms with van der Waals surface area (Å²) < 4.78 is 14.6. The number of aliphatic carboxylic acids is 1. The number of halogens is 1. The number of nitrogens with one attached hydrogen (secondary N) is 1. The average Bonchev–Trinajstić information content (AvgIpc) is 2.90. The lowest BCUT2D eigenvalue weighted by Gasteiger charge is -2.14. The van der Waals surface area contributed by atoms with E-state index in [-0.39, 0.29) is 24.1 Å². The molecule has 0 bridgehead atoms. The van der Waals surface area contributed by atoms with Gasteiger partial charge in [-0.1, -0.05) is 20.8 Å². The first-order valence-corrected chi connectivity index (χ1v) is 7.55. The Hall–Kier alpha value is -2.70. The van der Waals surface area contributed by atoms with Crippen molar-refractivity contribution in [2.45, 2.75) is 39.0 Å². The minimum atomic E-state index is -1.03. The Labute approximate surface area is 139 Å². The number of carbonyl (C=O) groups is 2. The molecule has 7 heteroatoms. The van der Waals surface area contributed by atoms with Crippen LogP contribution in [0.2, 0.25) is 0 Å². The van der Waals surface area contributed by atoms with Crippen molar-refractivity contribution >= 4 is 17.7 Å². The lowest BCUT2D eigenvalue weighted by molar-refractivity contribution is -0.138. The van der Waals surface area contributed by atoms with E-state index in [1.165, 1.54) is 16.8 Å². The van der Waals surface area contributed by atoms with Crippen molar-refractivity contribution in [1.29, 1.82) is 0 Å². The van der Waals surface area contributed by atoms with E-state index in [0.717, 1.165) is 5.69 Å². The third kappa shape index (κ3) is 4.41. The summed E-state index contributed by atoms with van der Waals surface area (Å²) in [5.74, 6) is -1.40. The highest BCUT2D eigenvalue weighted by atomic mass is 19.1. The summed E-state index contributed by atoms with van der Waals surface area (Å²) in [7, 11) is 0. The average molecular weight is 333 g/mol. The zero-order valence-electron chi connectivity index (χ0n) is 13.8. The van der Waals surface area contributed by atoms with E-state index >= 15 is 0 Å². The molecule has 2 N–H and O–H groups in total. The molecular formula is C17H20FN3O3. The molecule has 0 radical (unpaired) electrons. The minimum Gasteiger partial charge on any atom is -0.481 e. The molecule has 0 aliphatic rings. The van der Waals surface area contributed by atoms with E-state index in [4.69, 9.17) is 5.11 Å². The second-order valence-corrected chi connectivity index (χ2v) is 6.49. The number of carboxylic acids is 1. The number of amides is 1. The smallest absolute Gasteiger partial charge is 0.303 e. The Kier molecular flexibility index (Phi) is 5.02. The molecule has 6 nitrogen and oxygen atoms in total. The number of aromatic nitrogens is 2. The standard InChI is InChI=1S/C17H20FN3O3/c1-17(2,3)13-10-14(19-15(22)8-9-16(23)24)21(20-13)12-6-4-11(18)5-7-12/h4-7,10H,8-9H2,1-3H3,(H,19,22)(H,23,24). The summed E-state index contributed by atoms with van der Waals surface area (Å²) in [4.78, 5) is 22.5. The van der Waals surface area contributed by atoms with Gasteiger partial charge < -0.3 is 10.4 Å². The molecule has 0 atom stereocenters. The number of anilines is 1. The molecule has 24 heavy (non-hydrogen) atoms.